The average molecular weight is 366 g/mol. The number of halogens is 1. The van der Waals surface area contributed by atoms with Crippen LogP contribution in [-0.4, -0.2) is 30.8 Å². The number of rotatable bonds is 5. The quantitative estimate of drug-likeness (QED) is 0.854. The highest BCUT2D eigenvalue weighted by atomic mass is 32.2. The zero-order valence-corrected chi connectivity index (χ0v) is 15.3. The zero-order valence-electron chi connectivity index (χ0n) is 14.5. The average Bonchev–Trinajstić information content (AvgIpc) is 3.04. The van der Waals surface area contributed by atoms with E-state index in [1.807, 2.05) is 13.8 Å². The number of hydrogen-bond acceptors (Lipinski definition) is 3. The number of nitrogens with one attached hydrogen (secondary N) is 2. The maximum Gasteiger partial charge on any atom is 0.220 e. The SMILES string of the molecule is CCc1[nH]c2c(CNC(=O)C[C@@H]3CCS(=O)(=O)C3)cc(F)cc2c1C. The maximum absolute atomic E-state index is 13.9. The first kappa shape index (κ1) is 17.9. The van der Waals surface area contributed by atoms with Crippen LogP contribution in [0.4, 0.5) is 4.39 Å². The highest BCUT2D eigenvalue weighted by Gasteiger charge is 2.29. The molecule has 0 bridgehead atoms. The molecular formula is C18H23FN2O3S. The number of amides is 1. The minimum absolute atomic E-state index is 0.0836. The van der Waals surface area contributed by atoms with Crippen LogP contribution in [0.3, 0.4) is 0 Å². The Labute approximate surface area is 146 Å². The van der Waals surface area contributed by atoms with Crippen molar-refractivity contribution in [3.8, 4) is 0 Å². The van der Waals surface area contributed by atoms with Crippen LogP contribution in [0, 0.1) is 18.7 Å². The third-order valence-corrected chi connectivity index (χ3v) is 6.78. The number of sulfone groups is 1. The number of aromatic amines is 1. The van der Waals surface area contributed by atoms with Gasteiger partial charge < -0.3 is 10.3 Å². The Balaban J connectivity index is 1.71. The summed E-state index contributed by atoms with van der Waals surface area (Å²) in [6.45, 7) is 4.21. The molecule has 0 radical (unpaired) electrons. The number of aromatic nitrogens is 1. The van der Waals surface area contributed by atoms with Gasteiger partial charge in [-0.3, -0.25) is 4.79 Å². The lowest BCUT2D eigenvalue weighted by atomic mass is 10.0. The predicted molar refractivity (Wildman–Crippen MR) is 95.6 cm³/mol. The molecule has 1 fully saturated rings. The number of fused-ring (bicyclic) bond motifs is 1. The maximum atomic E-state index is 13.9. The number of aryl methyl sites for hydroxylation is 2. The van der Waals surface area contributed by atoms with Gasteiger partial charge in [0.05, 0.1) is 17.0 Å². The minimum atomic E-state index is -2.98. The van der Waals surface area contributed by atoms with Gasteiger partial charge in [-0.2, -0.15) is 0 Å². The molecule has 0 aliphatic carbocycles. The monoisotopic (exact) mass is 366 g/mol. The van der Waals surface area contributed by atoms with Crippen LogP contribution < -0.4 is 5.32 Å². The van der Waals surface area contributed by atoms with Crippen LogP contribution in [-0.2, 0) is 27.6 Å². The van der Waals surface area contributed by atoms with E-state index in [4.69, 9.17) is 0 Å². The van der Waals surface area contributed by atoms with Gasteiger partial charge in [-0.1, -0.05) is 6.92 Å². The van der Waals surface area contributed by atoms with Crippen molar-refractivity contribution in [1.29, 1.82) is 0 Å². The zero-order chi connectivity index (χ0) is 18.2. The van der Waals surface area contributed by atoms with Crippen molar-refractivity contribution in [2.24, 2.45) is 5.92 Å². The second-order valence-corrected chi connectivity index (χ2v) is 9.05. The Morgan fingerprint density at radius 1 is 1.40 bits per heavy atom. The van der Waals surface area contributed by atoms with Crippen LogP contribution in [0.15, 0.2) is 12.1 Å². The van der Waals surface area contributed by atoms with E-state index in [2.05, 4.69) is 10.3 Å². The summed E-state index contributed by atoms with van der Waals surface area (Å²) in [4.78, 5) is 15.4. The number of benzene rings is 1. The normalized spacial score (nSPS) is 19.4. The second-order valence-electron chi connectivity index (χ2n) is 6.82. The van der Waals surface area contributed by atoms with Crippen molar-refractivity contribution in [1.82, 2.24) is 10.3 Å². The molecule has 1 atom stereocenters. The molecule has 1 aromatic heterocycles. The van der Waals surface area contributed by atoms with Gasteiger partial charge in [0.15, 0.2) is 9.84 Å². The summed E-state index contributed by atoms with van der Waals surface area (Å²) >= 11 is 0. The topological polar surface area (TPSA) is 79.0 Å². The first-order chi connectivity index (χ1) is 11.8. The lowest BCUT2D eigenvalue weighted by molar-refractivity contribution is -0.122. The molecule has 7 heteroatoms. The fraction of sp³-hybridized carbons (Fsp3) is 0.500. The molecule has 0 saturated carbocycles. The van der Waals surface area contributed by atoms with Gasteiger partial charge in [0, 0.05) is 24.0 Å². The van der Waals surface area contributed by atoms with Crippen LogP contribution >= 0.6 is 0 Å². The van der Waals surface area contributed by atoms with E-state index in [-0.39, 0.29) is 42.1 Å². The van der Waals surface area contributed by atoms with Crippen LogP contribution in [0.1, 0.15) is 36.6 Å². The summed E-state index contributed by atoms with van der Waals surface area (Å²) in [5.41, 5.74) is 3.63. The van der Waals surface area contributed by atoms with Crippen LogP contribution in [0.5, 0.6) is 0 Å². The van der Waals surface area contributed by atoms with E-state index in [0.717, 1.165) is 28.6 Å². The Morgan fingerprint density at radius 2 is 2.16 bits per heavy atom. The summed E-state index contributed by atoms with van der Waals surface area (Å²) in [6, 6.07) is 2.94. The van der Waals surface area contributed by atoms with Crippen molar-refractivity contribution >= 4 is 26.6 Å². The van der Waals surface area contributed by atoms with Gasteiger partial charge in [-0.25, -0.2) is 12.8 Å². The lowest BCUT2D eigenvalue weighted by Gasteiger charge is -2.10. The Morgan fingerprint density at radius 3 is 2.80 bits per heavy atom. The molecule has 0 unspecified atom stereocenters. The van der Waals surface area contributed by atoms with E-state index >= 15 is 0 Å². The van der Waals surface area contributed by atoms with Gasteiger partial charge in [-0.05, 0) is 48.9 Å². The van der Waals surface area contributed by atoms with E-state index in [1.54, 1.807) is 0 Å². The van der Waals surface area contributed by atoms with Crippen molar-refractivity contribution in [2.75, 3.05) is 11.5 Å². The fourth-order valence-corrected chi connectivity index (χ4v) is 5.43. The second kappa shape index (κ2) is 6.78. The molecule has 136 valence electrons. The third kappa shape index (κ3) is 3.86. The van der Waals surface area contributed by atoms with Crippen molar-refractivity contribution < 1.29 is 17.6 Å². The predicted octanol–water partition coefficient (Wildman–Crippen LogP) is 2.62. The molecule has 0 spiro atoms. The number of carbonyl (C=O) groups is 1. The first-order valence-corrected chi connectivity index (χ1v) is 10.4. The summed E-state index contributed by atoms with van der Waals surface area (Å²) in [7, 11) is -2.98. The Bertz CT molecular complexity index is 918. The molecule has 2 N–H and O–H groups in total. The van der Waals surface area contributed by atoms with Crippen molar-refractivity contribution in [3.05, 3.63) is 34.8 Å². The van der Waals surface area contributed by atoms with Crippen molar-refractivity contribution in [2.45, 2.75) is 39.7 Å². The Hall–Kier alpha value is -1.89. The van der Waals surface area contributed by atoms with Gasteiger partial charge in [0.1, 0.15) is 5.82 Å². The number of H-pyrrole nitrogens is 1. The molecule has 1 aliphatic rings. The molecule has 5 nitrogen and oxygen atoms in total. The third-order valence-electron chi connectivity index (χ3n) is 4.95. The van der Waals surface area contributed by atoms with Crippen molar-refractivity contribution in [3.63, 3.8) is 0 Å². The highest BCUT2D eigenvalue weighted by Crippen LogP contribution is 2.27. The lowest BCUT2D eigenvalue weighted by Crippen LogP contribution is -2.25. The van der Waals surface area contributed by atoms with E-state index in [1.165, 1.54) is 12.1 Å². The van der Waals surface area contributed by atoms with Gasteiger partial charge in [0.25, 0.3) is 0 Å². The van der Waals surface area contributed by atoms with Gasteiger partial charge in [-0.15, -0.1) is 0 Å². The fourth-order valence-electron chi connectivity index (χ4n) is 3.57. The molecule has 25 heavy (non-hydrogen) atoms. The largest absolute Gasteiger partial charge is 0.358 e. The standard InChI is InChI=1S/C18H23FN2O3S/c1-3-16-11(2)15-8-14(19)7-13(18(15)21-16)9-20-17(22)6-12-4-5-25(23,24)10-12/h7-8,12,21H,3-6,9-10H2,1-2H3,(H,20,22)/t12-/m0/s1. The van der Waals surface area contributed by atoms with Crippen LogP contribution in [0.2, 0.25) is 0 Å². The summed E-state index contributed by atoms with van der Waals surface area (Å²) in [5, 5.41) is 3.63. The minimum Gasteiger partial charge on any atom is -0.358 e. The molecule has 1 aliphatic heterocycles. The highest BCUT2D eigenvalue weighted by molar-refractivity contribution is 7.91. The number of hydrogen-bond donors (Lipinski definition) is 2. The van der Waals surface area contributed by atoms with Gasteiger partial charge in [0.2, 0.25) is 5.91 Å². The molecule has 3 rings (SSSR count). The summed E-state index contributed by atoms with van der Waals surface area (Å²) in [5.74, 6) is -0.393. The molecule has 2 aromatic rings. The number of carbonyl (C=O) groups excluding carboxylic acids is 1. The smallest absolute Gasteiger partial charge is 0.220 e. The Kier molecular flexibility index (Phi) is 4.86. The molecule has 1 aromatic carbocycles. The summed E-state index contributed by atoms with van der Waals surface area (Å²) in [6.07, 6.45) is 1.56. The molecule has 1 amide bonds. The summed E-state index contributed by atoms with van der Waals surface area (Å²) < 4.78 is 36.9. The van der Waals surface area contributed by atoms with E-state index in [9.17, 15) is 17.6 Å². The first-order valence-electron chi connectivity index (χ1n) is 8.55. The van der Waals surface area contributed by atoms with E-state index < -0.39 is 9.84 Å². The van der Waals surface area contributed by atoms with Crippen LogP contribution in [0.25, 0.3) is 10.9 Å². The van der Waals surface area contributed by atoms with Gasteiger partial charge >= 0.3 is 0 Å². The molecular weight excluding hydrogens is 343 g/mol. The van der Waals surface area contributed by atoms with E-state index in [0.29, 0.717) is 12.0 Å². The molecule has 2 heterocycles. The molecule has 1 saturated heterocycles.